The number of rotatable bonds is 4. The number of carbonyl (C=O) groups is 1. The zero-order chi connectivity index (χ0) is 16.1. The summed E-state index contributed by atoms with van der Waals surface area (Å²) in [5, 5.41) is 3.61. The fraction of sp³-hybridized carbons (Fsp3) is 0.611. The van der Waals surface area contributed by atoms with Gasteiger partial charge in [0, 0.05) is 43.4 Å². The number of nitrogens with zero attached hydrogens (tertiary/aromatic N) is 1. The van der Waals surface area contributed by atoms with Gasteiger partial charge in [-0.2, -0.15) is 0 Å². The Kier molecular flexibility index (Phi) is 5.57. The molecular formula is C18H25ClN2O2. The first-order chi connectivity index (χ1) is 11.2. The zero-order valence-electron chi connectivity index (χ0n) is 13.5. The molecule has 2 aliphatic rings. The summed E-state index contributed by atoms with van der Waals surface area (Å²) in [6.45, 7) is 4.85. The van der Waals surface area contributed by atoms with Crippen LogP contribution >= 0.6 is 11.6 Å². The molecule has 0 bridgehead atoms. The van der Waals surface area contributed by atoms with E-state index in [0.717, 1.165) is 38.5 Å². The number of likely N-dealkylation sites (tertiary alicyclic amines) is 1. The first-order valence-corrected chi connectivity index (χ1v) is 8.89. The predicted octanol–water partition coefficient (Wildman–Crippen LogP) is 3.56. The number of anilines is 1. The Labute approximate surface area is 143 Å². The third kappa shape index (κ3) is 4.69. The highest BCUT2D eigenvalue weighted by molar-refractivity contribution is 6.30. The molecule has 1 amide bonds. The fourth-order valence-electron chi connectivity index (χ4n) is 3.73. The number of hydrogen-bond acceptors (Lipinski definition) is 3. The summed E-state index contributed by atoms with van der Waals surface area (Å²) in [7, 11) is 0. The summed E-state index contributed by atoms with van der Waals surface area (Å²) in [4.78, 5) is 14.6. The van der Waals surface area contributed by atoms with Gasteiger partial charge in [0.1, 0.15) is 0 Å². The lowest BCUT2D eigenvalue weighted by atomic mass is 9.74. The van der Waals surface area contributed by atoms with Crippen LogP contribution in [0.2, 0.25) is 5.02 Å². The maximum atomic E-state index is 12.1. The molecule has 0 radical (unpaired) electrons. The van der Waals surface area contributed by atoms with Crippen LogP contribution in [0.3, 0.4) is 0 Å². The van der Waals surface area contributed by atoms with Gasteiger partial charge in [0.15, 0.2) is 0 Å². The van der Waals surface area contributed by atoms with Crippen molar-refractivity contribution in [3.05, 3.63) is 29.3 Å². The number of amides is 1. The van der Waals surface area contributed by atoms with E-state index in [9.17, 15) is 4.79 Å². The van der Waals surface area contributed by atoms with Crippen LogP contribution in [0, 0.1) is 5.41 Å². The van der Waals surface area contributed by atoms with Crippen molar-refractivity contribution in [1.29, 1.82) is 0 Å². The van der Waals surface area contributed by atoms with Gasteiger partial charge in [-0.05, 0) is 61.9 Å². The van der Waals surface area contributed by atoms with E-state index in [1.54, 1.807) is 12.1 Å². The van der Waals surface area contributed by atoms with Crippen molar-refractivity contribution in [2.75, 3.05) is 38.2 Å². The fourth-order valence-corrected chi connectivity index (χ4v) is 3.86. The van der Waals surface area contributed by atoms with Crippen LogP contribution in [-0.4, -0.2) is 43.7 Å². The molecule has 2 fully saturated rings. The standard InChI is InChI=1S/C18H25ClN2O2/c19-15-2-4-16(5-3-15)20-17(22)6-11-21-10-1-7-18(14-21)8-12-23-13-9-18/h2-5H,1,6-14H2,(H,20,22). The third-order valence-electron chi connectivity index (χ3n) is 5.08. The molecule has 1 aromatic rings. The Bertz CT molecular complexity index is 521. The van der Waals surface area contributed by atoms with Gasteiger partial charge in [-0.1, -0.05) is 11.6 Å². The number of hydrogen-bond donors (Lipinski definition) is 1. The van der Waals surface area contributed by atoms with Crippen molar-refractivity contribution in [1.82, 2.24) is 4.90 Å². The third-order valence-corrected chi connectivity index (χ3v) is 5.33. The van der Waals surface area contributed by atoms with Crippen molar-refractivity contribution in [3.63, 3.8) is 0 Å². The van der Waals surface area contributed by atoms with E-state index < -0.39 is 0 Å². The second-order valence-electron chi connectivity index (χ2n) is 6.80. The molecule has 2 heterocycles. The molecule has 5 heteroatoms. The molecule has 2 aliphatic heterocycles. The number of piperidine rings is 1. The van der Waals surface area contributed by atoms with Crippen molar-refractivity contribution in [2.24, 2.45) is 5.41 Å². The quantitative estimate of drug-likeness (QED) is 0.914. The lowest BCUT2D eigenvalue weighted by Crippen LogP contribution is -2.46. The predicted molar refractivity (Wildman–Crippen MR) is 92.9 cm³/mol. The van der Waals surface area contributed by atoms with E-state index in [0.29, 0.717) is 16.9 Å². The number of carbonyl (C=O) groups excluding carboxylic acids is 1. The Balaban J connectivity index is 1.45. The van der Waals surface area contributed by atoms with E-state index in [1.165, 1.54) is 25.7 Å². The summed E-state index contributed by atoms with van der Waals surface area (Å²) in [6, 6.07) is 7.24. The van der Waals surface area contributed by atoms with Gasteiger partial charge in [-0.15, -0.1) is 0 Å². The molecule has 1 aromatic carbocycles. The molecule has 3 rings (SSSR count). The molecule has 0 aromatic heterocycles. The maximum Gasteiger partial charge on any atom is 0.225 e. The zero-order valence-corrected chi connectivity index (χ0v) is 14.3. The van der Waals surface area contributed by atoms with Crippen molar-refractivity contribution in [2.45, 2.75) is 32.1 Å². The van der Waals surface area contributed by atoms with Gasteiger partial charge < -0.3 is 15.0 Å². The van der Waals surface area contributed by atoms with E-state index in [1.807, 2.05) is 12.1 Å². The average Bonchev–Trinajstić information content (AvgIpc) is 2.56. The van der Waals surface area contributed by atoms with Crippen LogP contribution in [0.15, 0.2) is 24.3 Å². The maximum absolute atomic E-state index is 12.1. The highest BCUT2D eigenvalue weighted by Crippen LogP contribution is 2.39. The molecule has 0 unspecified atom stereocenters. The second kappa shape index (κ2) is 7.65. The van der Waals surface area contributed by atoms with Crippen molar-refractivity contribution >= 4 is 23.2 Å². The minimum atomic E-state index is 0.0684. The van der Waals surface area contributed by atoms with Gasteiger partial charge in [0.25, 0.3) is 0 Å². The molecule has 126 valence electrons. The molecule has 0 aliphatic carbocycles. The van der Waals surface area contributed by atoms with E-state index in [-0.39, 0.29) is 5.91 Å². The Morgan fingerprint density at radius 2 is 1.96 bits per heavy atom. The normalized spacial score (nSPS) is 21.3. The second-order valence-corrected chi connectivity index (χ2v) is 7.23. The highest BCUT2D eigenvalue weighted by Gasteiger charge is 2.36. The number of ether oxygens (including phenoxy) is 1. The van der Waals surface area contributed by atoms with Gasteiger partial charge in [-0.3, -0.25) is 4.79 Å². The summed E-state index contributed by atoms with van der Waals surface area (Å²) >= 11 is 5.85. The number of halogens is 1. The van der Waals surface area contributed by atoms with Crippen LogP contribution < -0.4 is 5.32 Å². The number of nitrogens with one attached hydrogen (secondary N) is 1. The van der Waals surface area contributed by atoms with E-state index in [2.05, 4.69) is 10.2 Å². The Hall–Kier alpha value is -1.10. The topological polar surface area (TPSA) is 41.6 Å². The summed E-state index contributed by atoms with van der Waals surface area (Å²) in [6.07, 6.45) is 5.42. The molecular weight excluding hydrogens is 312 g/mol. The average molecular weight is 337 g/mol. The summed E-state index contributed by atoms with van der Waals surface area (Å²) in [5.74, 6) is 0.0684. The monoisotopic (exact) mass is 336 g/mol. The molecule has 23 heavy (non-hydrogen) atoms. The molecule has 0 saturated carbocycles. The first-order valence-electron chi connectivity index (χ1n) is 8.51. The van der Waals surface area contributed by atoms with E-state index >= 15 is 0 Å². The van der Waals surface area contributed by atoms with Crippen LogP contribution in [0.1, 0.15) is 32.1 Å². The Morgan fingerprint density at radius 1 is 1.22 bits per heavy atom. The molecule has 2 saturated heterocycles. The van der Waals surface area contributed by atoms with Crippen molar-refractivity contribution in [3.8, 4) is 0 Å². The minimum absolute atomic E-state index is 0.0684. The lowest BCUT2D eigenvalue weighted by Gasteiger charge is -2.45. The highest BCUT2D eigenvalue weighted by atomic mass is 35.5. The lowest BCUT2D eigenvalue weighted by molar-refractivity contribution is -0.116. The number of benzene rings is 1. The Morgan fingerprint density at radius 3 is 2.70 bits per heavy atom. The minimum Gasteiger partial charge on any atom is -0.381 e. The molecule has 0 atom stereocenters. The van der Waals surface area contributed by atoms with Crippen LogP contribution in [-0.2, 0) is 9.53 Å². The van der Waals surface area contributed by atoms with Crippen molar-refractivity contribution < 1.29 is 9.53 Å². The summed E-state index contributed by atoms with van der Waals surface area (Å²) < 4.78 is 5.51. The SMILES string of the molecule is O=C(CCN1CCCC2(CCOCC2)C1)Nc1ccc(Cl)cc1. The molecule has 4 nitrogen and oxygen atoms in total. The van der Waals surface area contributed by atoms with Crippen LogP contribution in [0.5, 0.6) is 0 Å². The largest absolute Gasteiger partial charge is 0.381 e. The van der Waals surface area contributed by atoms with Gasteiger partial charge >= 0.3 is 0 Å². The molecule has 1 N–H and O–H groups in total. The smallest absolute Gasteiger partial charge is 0.225 e. The van der Waals surface area contributed by atoms with Gasteiger partial charge in [0.05, 0.1) is 0 Å². The van der Waals surface area contributed by atoms with Gasteiger partial charge in [-0.25, -0.2) is 0 Å². The van der Waals surface area contributed by atoms with Crippen LogP contribution in [0.25, 0.3) is 0 Å². The summed E-state index contributed by atoms with van der Waals surface area (Å²) in [5.41, 5.74) is 1.24. The van der Waals surface area contributed by atoms with E-state index in [4.69, 9.17) is 16.3 Å². The first kappa shape index (κ1) is 16.7. The van der Waals surface area contributed by atoms with Crippen LogP contribution in [0.4, 0.5) is 5.69 Å². The van der Waals surface area contributed by atoms with Gasteiger partial charge in [0.2, 0.25) is 5.91 Å². The molecule has 1 spiro atoms.